The lowest BCUT2D eigenvalue weighted by atomic mass is 10.2. The van der Waals surface area contributed by atoms with Crippen LogP contribution < -0.4 is 10.6 Å². The van der Waals surface area contributed by atoms with Crippen molar-refractivity contribution in [2.24, 2.45) is 0 Å². The Morgan fingerprint density at radius 1 is 1.14 bits per heavy atom. The minimum absolute atomic E-state index is 0.238. The molecule has 0 aliphatic carbocycles. The Morgan fingerprint density at radius 2 is 1.81 bits per heavy atom. The average Bonchev–Trinajstić information content (AvgIpc) is 2.37. The molecule has 1 heterocycles. The highest BCUT2D eigenvalue weighted by atomic mass is 35.5. The lowest BCUT2D eigenvalue weighted by molar-refractivity contribution is 0.102. The molecular weight excluding hydrogens is 309 g/mol. The minimum Gasteiger partial charge on any atom is -0.370 e. The fourth-order valence-corrected chi connectivity index (χ4v) is 2.43. The van der Waals surface area contributed by atoms with Crippen molar-refractivity contribution in [2.45, 2.75) is 13.8 Å². The third-order valence-electron chi connectivity index (χ3n) is 2.69. The van der Waals surface area contributed by atoms with Crippen LogP contribution in [0.3, 0.4) is 0 Å². The first-order chi connectivity index (χ1) is 9.97. The van der Waals surface area contributed by atoms with Crippen molar-refractivity contribution in [3.8, 4) is 0 Å². The molecule has 0 fully saturated rings. The van der Waals surface area contributed by atoms with Crippen LogP contribution in [0.2, 0.25) is 10.0 Å². The lowest BCUT2D eigenvalue weighted by Crippen LogP contribution is -2.13. The average molecular weight is 324 g/mol. The summed E-state index contributed by atoms with van der Waals surface area (Å²) in [7, 11) is 0. The van der Waals surface area contributed by atoms with Crippen LogP contribution in [0.25, 0.3) is 0 Å². The number of hydrogen-bond acceptors (Lipinski definition) is 3. The third-order valence-corrected chi connectivity index (χ3v) is 3.13. The van der Waals surface area contributed by atoms with E-state index in [0.717, 1.165) is 12.2 Å². The largest absolute Gasteiger partial charge is 0.370 e. The molecule has 2 aromatic rings. The van der Waals surface area contributed by atoms with E-state index in [-0.39, 0.29) is 5.91 Å². The highest BCUT2D eigenvalue weighted by Crippen LogP contribution is 2.23. The molecule has 0 saturated carbocycles. The summed E-state index contributed by atoms with van der Waals surface area (Å²) in [4.78, 5) is 16.6. The monoisotopic (exact) mass is 323 g/mol. The summed E-state index contributed by atoms with van der Waals surface area (Å²) in [6.07, 6.45) is 0. The zero-order chi connectivity index (χ0) is 15.4. The highest BCUT2D eigenvalue weighted by molar-refractivity contribution is 6.35. The van der Waals surface area contributed by atoms with Crippen LogP contribution in [0.15, 0.2) is 30.3 Å². The Hall–Kier alpha value is -1.78. The van der Waals surface area contributed by atoms with E-state index in [1.807, 2.05) is 13.8 Å². The predicted octanol–water partition coefficient (Wildman–Crippen LogP) is 4.38. The van der Waals surface area contributed by atoms with Crippen molar-refractivity contribution in [3.05, 3.63) is 51.6 Å². The van der Waals surface area contributed by atoms with Crippen LogP contribution in [-0.4, -0.2) is 17.4 Å². The molecule has 1 amide bonds. The van der Waals surface area contributed by atoms with Crippen LogP contribution in [0.1, 0.15) is 23.0 Å². The number of halogens is 2. The summed E-state index contributed by atoms with van der Waals surface area (Å²) in [6, 6.07) is 8.33. The van der Waals surface area contributed by atoms with Crippen molar-refractivity contribution in [1.29, 1.82) is 0 Å². The van der Waals surface area contributed by atoms with E-state index in [2.05, 4.69) is 15.6 Å². The zero-order valence-electron chi connectivity index (χ0n) is 11.7. The summed E-state index contributed by atoms with van der Waals surface area (Å²) in [5.74, 6) is 0.435. The first-order valence-electron chi connectivity index (χ1n) is 6.48. The molecule has 110 valence electrons. The fourth-order valence-electron chi connectivity index (χ4n) is 1.90. The van der Waals surface area contributed by atoms with Crippen molar-refractivity contribution in [3.63, 3.8) is 0 Å². The van der Waals surface area contributed by atoms with E-state index in [1.54, 1.807) is 30.3 Å². The molecule has 0 bridgehead atoms. The molecule has 0 unspecified atom stereocenters. The Bertz CT molecular complexity index is 654. The van der Waals surface area contributed by atoms with Gasteiger partial charge in [-0.15, -0.1) is 0 Å². The number of rotatable bonds is 4. The Morgan fingerprint density at radius 3 is 2.43 bits per heavy atom. The maximum Gasteiger partial charge on any atom is 0.255 e. The van der Waals surface area contributed by atoms with Crippen molar-refractivity contribution in [1.82, 2.24) is 4.98 Å². The van der Waals surface area contributed by atoms with Gasteiger partial charge in [-0.25, -0.2) is 4.98 Å². The first-order valence-corrected chi connectivity index (χ1v) is 7.23. The van der Waals surface area contributed by atoms with Gasteiger partial charge < -0.3 is 10.6 Å². The molecule has 0 aliphatic rings. The van der Waals surface area contributed by atoms with Gasteiger partial charge in [0.25, 0.3) is 5.91 Å². The number of carbonyl (C=O) groups is 1. The maximum atomic E-state index is 12.3. The maximum absolute atomic E-state index is 12.3. The fraction of sp³-hybridized carbons (Fsp3) is 0.200. The Labute approximate surface area is 133 Å². The van der Waals surface area contributed by atoms with E-state index >= 15 is 0 Å². The number of carbonyl (C=O) groups excluding carboxylic acids is 1. The van der Waals surface area contributed by atoms with Gasteiger partial charge in [0.2, 0.25) is 0 Å². The number of pyridine rings is 1. The van der Waals surface area contributed by atoms with Gasteiger partial charge in [0.15, 0.2) is 0 Å². The van der Waals surface area contributed by atoms with E-state index < -0.39 is 0 Å². The van der Waals surface area contributed by atoms with Crippen LogP contribution in [-0.2, 0) is 0 Å². The molecule has 0 spiro atoms. The van der Waals surface area contributed by atoms with Crippen molar-refractivity contribution >= 4 is 40.6 Å². The molecule has 2 N–H and O–H groups in total. The van der Waals surface area contributed by atoms with Gasteiger partial charge >= 0.3 is 0 Å². The standard InChI is InChI=1S/C15H15Cl2N3O/c1-3-18-14-5-10(4-9(2)19-14)15(21)20-13-7-11(16)6-12(17)8-13/h4-8H,3H2,1-2H3,(H,18,19)(H,20,21). The summed E-state index contributed by atoms with van der Waals surface area (Å²) >= 11 is 11.8. The quantitative estimate of drug-likeness (QED) is 0.877. The molecule has 0 aliphatic heterocycles. The van der Waals surface area contributed by atoms with Gasteiger partial charge in [-0.1, -0.05) is 23.2 Å². The van der Waals surface area contributed by atoms with E-state index in [0.29, 0.717) is 27.1 Å². The normalized spacial score (nSPS) is 10.3. The Kier molecular flexibility index (Phi) is 5.04. The molecule has 6 heteroatoms. The van der Waals surface area contributed by atoms with Gasteiger partial charge in [0.05, 0.1) is 0 Å². The van der Waals surface area contributed by atoms with Gasteiger partial charge in [-0.2, -0.15) is 0 Å². The van der Waals surface area contributed by atoms with E-state index in [9.17, 15) is 4.79 Å². The number of amides is 1. The van der Waals surface area contributed by atoms with Crippen molar-refractivity contribution < 1.29 is 4.79 Å². The number of benzene rings is 1. The Balaban J connectivity index is 2.23. The number of aryl methyl sites for hydroxylation is 1. The van der Waals surface area contributed by atoms with E-state index in [1.165, 1.54) is 0 Å². The summed E-state index contributed by atoms with van der Waals surface area (Å²) in [5, 5.41) is 6.80. The molecule has 4 nitrogen and oxygen atoms in total. The van der Waals surface area contributed by atoms with Crippen LogP contribution >= 0.6 is 23.2 Å². The van der Waals surface area contributed by atoms with E-state index in [4.69, 9.17) is 23.2 Å². The first kappa shape index (κ1) is 15.6. The molecule has 1 aromatic heterocycles. The van der Waals surface area contributed by atoms with Gasteiger partial charge in [-0.3, -0.25) is 4.79 Å². The SMILES string of the molecule is CCNc1cc(C(=O)Nc2cc(Cl)cc(Cl)c2)cc(C)n1. The number of hydrogen-bond donors (Lipinski definition) is 2. The molecule has 0 saturated heterocycles. The highest BCUT2D eigenvalue weighted by Gasteiger charge is 2.10. The summed E-state index contributed by atoms with van der Waals surface area (Å²) < 4.78 is 0. The van der Waals surface area contributed by atoms with Crippen LogP contribution in [0.4, 0.5) is 11.5 Å². The van der Waals surface area contributed by atoms with Gasteiger partial charge in [-0.05, 0) is 44.2 Å². The number of nitrogens with zero attached hydrogens (tertiary/aromatic N) is 1. The molecular formula is C15H15Cl2N3O. The topological polar surface area (TPSA) is 54.0 Å². The zero-order valence-corrected chi connectivity index (χ0v) is 13.2. The minimum atomic E-state index is -0.238. The molecule has 1 aromatic carbocycles. The molecule has 2 rings (SSSR count). The lowest BCUT2D eigenvalue weighted by Gasteiger charge is -2.09. The molecule has 21 heavy (non-hydrogen) atoms. The summed E-state index contributed by atoms with van der Waals surface area (Å²) in [5.41, 5.74) is 1.84. The smallest absolute Gasteiger partial charge is 0.255 e. The van der Waals surface area contributed by atoms with Crippen LogP contribution in [0, 0.1) is 6.92 Å². The van der Waals surface area contributed by atoms with Gasteiger partial charge in [0, 0.05) is 33.5 Å². The number of aromatic nitrogens is 1. The number of anilines is 2. The van der Waals surface area contributed by atoms with Gasteiger partial charge in [0.1, 0.15) is 5.82 Å². The molecule has 0 atom stereocenters. The molecule has 0 radical (unpaired) electrons. The second-order valence-corrected chi connectivity index (χ2v) is 5.40. The summed E-state index contributed by atoms with van der Waals surface area (Å²) in [6.45, 7) is 4.55. The predicted molar refractivity (Wildman–Crippen MR) is 87.6 cm³/mol. The second kappa shape index (κ2) is 6.78. The second-order valence-electron chi connectivity index (χ2n) is 4.53. The van der Waals surface area contributed by atoms with Crippen LogP contribution in [0.5, 0.6) is 0 Å². The van der Waals surface area contributed by atoms with Crippen molar-refractivity contribution in [2.75, 3.05) is 17.2 Å². The third kappa shape index (κ3) is 4.34. The number of nitrogens with one attached hydrogen (secondary N) is 2.